The predicted molar refractivity (Wildman–Crippen MR) is 105 cm³/mol. The maximum atomic E-state index is 13.0. The Morgan fingerprint density at radius 2 is 1.76 bits per heavy atom. The molecule has 2 amide bonds. The van der Waals surface area contributed by atoms with Gasteiger partial charge < -0.3 is 15.3 Å². The number of hydrogen-bond acceptors (Lipinski definition) is 4. The molecule has 2 aromatic carbocycles. The van der Waals surface area contributed by atoms with E-state index in [-0.39, 0.29) is 5.78 Å². The number of nitrogens with one attached hydrogen (secondary N) is 1. The predicted octanol–water partition coefficient (Wildman–Crippen LogP) is 2.09. The van der Waals surface area contributed by atoms with E-state index >= 15 is 0 Å². The smallest absolute Gasteiger partial charge is 0.326 e. The second-order valence-electron chi connectivity index (χ2n) is 7.33. The van der Waals surface area contributed by atoms with Gasteiger partial charge in [-0.1, -0.05) is 36.4 Å². The molecule has 2 aliphatic rings. The number of hydrogen-bond donors (Lipinski definition) is 2. The van der Waals surface area contributed by atoms with Crippen molar-refractivity contribution in [2.24, 2.45) is 0 Å². The fourth-order valence-electron chi connectivity index (χ4n) is 4.14. The molecule has 2 atom stereocenters. The molecule has 1 aliphatic heterocycles. The molecule has 29 heavy (non-hydrogen) atoms. The summed E-state index contributed by atoms with van der Waals surface area (Å²) in [7, 11) is 0. The third-order valence-corrected chi connectivity index (χ3v) is 5.53. The van der Waals surface area contributed by atoms with Gasteiger partial charge in [0.2, 0.25) is 5.91 Å². The van der Waals surface area contributed by atoms with Crippen molar-refractivity contribution in [3.63, 3.8) is 0 Å². The van der Waals surface area contributed by atoms with Crippen LogP contribution in [0.3, 0.4) is 0 Å². The van der Waals surface area contributed by atoms with E-state index in [1.807, 2.05) is 6.07 Å². The molecule has 7 heteroatoms. The van der Waals surface area contributed by atoms with E-state index in [2.05, 4.69) is 5.32 Å². The number of carboxylic acid groups (broad SMARTS) is 1. The van der Waals surface area contributed by atoms with Gasteiger partial charge in [-0.2, -0.15) is 0 Å². The standard InChI is InChI=1S/C22H20N2O5/c1-12(21(27)24-11-5-10-17(24)22(28)29)23-20(26)16-9-4-8-15-18(16)13-6-2-3-7-14(13)19(15)25/h2-4,6-9,12,17H,5,10-11H2,1H3,(H,23,26)(H,28,29)/t12-,17-/m0/s1. The molecule has 0 spiro atoms. The van der Waals surface area contributed by atoms with E-state index in [0.717, 1.165) is 0 Å². The minimum absolute atomic E-state index is 0.129. The molecule has 7 nitrogen and oxygen atoms in total. The van der Waals surface area contributed by atoms with Crippen LogP contribution in [0.1, 0.15) is 46.0 Å². The number of carbonyl (C=O) groups is 4. The number of amides is 2. The zero-order valence-corrected chi connectivity index (χ0v) is 15.8. The first kappa shape index (κ1) is 18.9. The van der Waals surface area contributed by atoms with Crippen LogP contribution in [0.25, 0.3) is 11.1 Å². The maximum Gasteiger partial charge on any atom is 0.326 e. The first-order valence-corrected chi connectivity index (χ1v) is 9.51. The summed E-state index contributed by atoms with van der Waals surface area (Å²) >= 11 is 0. The first-order valence-electron chi connectivity index (χ1n) is 9.51. The Bertz CT molecular complexity index is 1050. The van der Waals surface area contributed by atoms with E-state index in [4.69, 9.17) is 0 Å². The van der Waals surface area contributed by atoms with E-state index in [1.54, 1.807) is 43.3 Å². The minimum atomic E-state index is -1.04. The summed E-state index contributed by atoms with van der Waals surface area (Å²) in [5.74, 6) is -2.06. The highest BCUT2D eigenvalue weighted by atomic mass is 16.4. The Kier molecular flexibility index (Phi) is 4.66. The number of rotatable bonds is 4. The number of carbonyl (C=O) groups excluding carboxylic acids is 3. The summed E-state index contributed by atoms with van der Waals surface area (Å²) in [6.45, 7) is 1.90. The number of likely N-dealkylation sites (tertiary alicyclic amines) is 1. The molecule has 2 aromatic rings. The second-order valence-corrected chi connectivity index (χ2v) is 7.33. The van der Waals surface area contributed by atoms with E-state index in [0.29, 0.717) is 47.2 Å². The molecule has 0 unspecified atom stereocenters. The topological polar surface area (TPSA) is 104 Å². The van der Waals surface area contributed by atoms with E-state index in [9.17, 15) is 24.3 Å². The van der Waals surface area contributed by atoms with Gasteiger partial charge in [0.05, 0.1) is 0 Å². The highest BCUT2D eigenvalue weighted by Crippen LogP contribution is 2.38. The summed E-state index contributed by atoms with van der Waals surface area (Å²) < 4.78 is 0. The Hall–Kier alpha value is -3.48. The van der Waals surface area contributed by atoms with Gasteiger partial charge in [0.25, 0.3) is 5.91 Å². The fraction of sp³-hybridized carbons (Fsp3) is 0.273. The summed E-state index contributed by atoms with van der Waals surface area (Å²) in [6, 6.07) is 10.3. The van der Waals surface area contributed by atoms with Crippen molar-refractivity contribution < 1.29 is 24.3 Å². The molecule has 0 saturated carbocycles. The quantitative estimate of drug-likeness (QED) is 0.708. The number of benzene rings is 2. The van der Waals surface area contributed by atoms with E-state index in [1.165, 1.54) is 4.90 Å². The van der Waals surface area contributed by atoms with Crippen molar-refractivity contribution >= 4 is 23.6 Å². The fourth-order valence-corrected chi connectivity index (χ4v) is 4.14. The van der Waals surface area contributed by atoms with Crippen LogP contribution in [-0.4, -0.2) is 52.2 Å². The van der Waals surface area contributed by atoms with Gasteiger partial charge in [0, 0.05) is 28.8 Å². The number of ketones is 1. The van der Waals surface area contributed by atoms with Crippen molar-refractivity contribution in [1.82, 2.24) is 10.2 Å². The van der Waals surface area contributed by atoms with Crippen LogP contribution in [0.5, 0.6) is 0 Å². The van der Waals surface area contributed by atoms with Crippen molar-refractivity contribution in [3.8, 4) is 11.1 Å². The molecule has 0 aromatic heterocycles. The average molecular weight is 392 g/mol. The molecule has 2 N–H and O–H groups in total. The molecular formula is C22H20N2O5. The number of carboxylic acids is 1. The Morgan fingerprint density at radius 3 is 2.48 bits per heavy atom. The van der Waals surface area contributed by atoms with Gasteiger partial charge in [-0.05, 0) is 31.4 Å². The molecule has 1 saturated heterocycles. The minimum Gasteiger partial charge on any atom is -0.480 e. The second kappa shape index (κ2) is 7.16. The van der Waals surface area contributed by atoms with Crippen LogP contribution in [-0.2, 0) is 9.59 Å². The van der Waals surface area contributed by atoms with Crippen LogP contribution in [0.4, 0.5) is 0 Å². The van der Waals surface area contributed by atoms with Gasteiger partial charge in [-0.25, -0.2) is 4.79 Å². The number of aliphatic carboxylic acids is 1. The molecule has 1 aliphatic carbocycles. The van der Waals surface area contributed by atoms with Crippen LogP contribution < -0.4 is 5.32 Å². The SMILES string of the molecule is C[C@H](NC(=O)c1cccc2c1-c1ccccc1C2=O)C(=O)N1CCC[C@H]1C(=O)O. The lowest BCUT2D eigenvalue weighted by Gasteiger charge is -2.25. The van der Waals surface area contributed by atoms with Crippen molar-refractivity contribution in [2.45, 2.75) is 31.8 Å². The van der Waals surface area contributed by atoms with Crippen LogP contribution in [0, 0.1) is 0 Å². The summed E-state index contributed by atoms with van der Waals surface area (Å²) in [5.41, 5.74) is 2.59. The molecule has 0 bridgehead atoms. The van der Waals surface area contributed by atoms with Gasteiger partial charge in [-0.3, -0.25) is 14.4 Å². The van der Waals surface area contributed by atoms with Crippen molar-refractivity contribution in [2.75, 3.05) is 6.54 Å². The number of fused-ring (bicyclic) bond motifs is 3. The summed E-state index contributed by atoms with van der Waals surface area (Å²) in [6.07, 6.45) is 1.03. The largest absolute Gasteiger partial charge is 0.480 e. The van der Waals surface area contributed by atoms with Gasteiger partial charge in [0.1, 0.15) is 12.1 Å². The molecule has 1 fully saturated rings. The molecular weight excluding hydrogens is 372 g/mol. The summed E-state index contributed by atoms with van der Waals surface area (Å²) in [4.78, 5) is 50.9. The van der Waals surface area contributed by atoms with Gasteiger partial charge in [-0.15, -0.1) is 0 Å². The van der Waals surface area contributed by atoms with Crippen molar-refractivity contribution in [1.29, 1.82) is 0 Å². The van der Waals surface area contributed by atoms with Crippen LogP contribution in [0.15, 0.2) is 42.5 Å². The highest BCUT2D eigenvalue weighted by Gasteiger charge is 2.37. The molecule has 4 rings (SSSR count). The Morgan fingerprint density at radius 1 is 1.07 bits per heavy atom. The third-order valence-electron chi connectivity index (χ3n) is 5.53. The highest BCUT2D eigenvalue weighted by molar-refractivity contribution is 6.24. The lowest BCUT2D eigenvalue weighted by molar-refractivity contribution is -0.148. The molecule has 1 heterocycles. The van der Waals surface area contributed by atoms with Gasteiger partial charge in [0.15, 0.2) is 5.78 Å². The molecule has 0 radical (unpaired) electrons. The Labute approximate surface area is 167 Å². The Balaban J connectivity index is 1.59. The lowest BCUT2D eigenvalue weighted by Crippen LogP contribution is -2.50. The third kappa shape index (κ3) is 3.08. The van der Waals surface area contributed by atoms with E-state index < -0.39 is 29.9 Å². The maximum absolute atomic E-state index is 13.0. The monoisotopic (exact) mass is 392 g/mol. The zero-order chi connectivity index (χ0) is 20.7. The van der Waals surface area contributed by atoms with Gasteiger partial charge >= 0.3 is 5.97 Å². The molecule has 148 valence electrons. The number of nitrogens with zero attached hydrogens (tertiary/aromatic N) is 1. The normalized spacial score (nSPS) is 18.2. The van der Waals surface area contributed by atoms with Crippen LogP contribution in [0.2, 0.25) is 0 Å². The van der Waals surface area contributed by atoms with Crippen LogP contribution >= 0.6 is 0 Å². The zero-order valence-electron chi connectivity index (χ0n) is 15.8. The van der Waals surface area contributed by atoms with Crippen molar-refractivity contribution in [3.05, 3.63) is 59.2 Å². The lowest BCUT2D eigenvalue weighted by atomic mass is 9.98. The first-order chi connectivity index (χ1) is 13.9. The average Bonchev–Trinajstić information content (AvgIpc) is 3.32. The summed E-state index contributed by atoms with van der Waals surface area (Å²) in [5, 5.41) is 12.0.